The van der Waals surface area contributed by atoms with E-state index in [4.69, 9.17) is 18.8 Å². The fourth-order valence-electron chi connectivity index (χ4n) is 5.45. The number of carbonyl (C=O) groups is 4. The van der Waals surface area contributed by atoms with E-state index in [0.29, 0.717) is 25.2 Å². The fraction of sp³-hybridized carbons (Fsp3) is 0.826. The zero-order valence-corrected chi connectivity index (χ0v) is 21.6. The summed E-state index contributed by atoms with van der Waals surface area (Å²) in [6.45, 7) is 4.37. The van der Waals surface area contributed by atoms with Crippen LogP contribution in [0.2, 0.25) is 0 Å². The number of hydrogen-bond acceptors (Lipinski definition) is 10. The summed E-state index contributed by atoms with van der Waals surface area (Å²) in [6, 6.07) is 0. The van der Waals surface area contributed by atoms with Crippen LogP contribution in [0.4, 0.5) is 8.78 Å². The van der Waals surface area contributed by atoms with Crippen molar-refractivity contribution in [2.75, 3.05) is 0 Å². The van der Waals surface area contributed by atoms with Gasteiger partial charge in [0.15, 0.2) is 6.10 Å². The van der Waals surface area contributed by atoms with Gasteiger partial charge in [-0.1, -0.05) is 13.3 Å². The lowest BCUT2D eigenvalue weighted by molar-refractivity contribution is -0.180. The quantitative estimate of drug-likeness (QED) is 0.227. The monoisotopic (exact) mass is 554 g/mol. The number of fused-ring (bicyclic) bond motifs is 2. The molecule has 3 aliphatic rings. The predicted octanol–water partition coefficient (Wildman–Crippen LogP) is 2.55. The number of cyclic esters (lactones) is 1. The van der Waals surface area contributed by atoms with Gasteiger partial charge in [0.1, 0.15) is 5.60 Å². The molecule has 0 amide bonds. The maximum absolute atomic E-state index is 13.5. The Hall–Kier alpha value is -2.35. The molecule has 0 radical (unpaired) electrons. The van der Waals surface area contributed by atoms with Gasteiger partial charge in [-0.15, -0.1) is 0 Å². The summed E-state index contributed by atoms with van der Waals surface area (Å²) < 4.78 is 76.9. The molecular formula is C23H32F2O11S. The van der Waals surface area contributed by atoms with Crippen LogP contribution in [-0.4, -0.2) is 66.0 Å². The van der Waals surface area contributed by atoms with Crippen molar-refractivity contribution in [2.24, 2.45) is 17.8 Å². The zero-order chi connectivity index (χ0) is 27.8. The SMILES string of the molecule is CCC(C)(OC(=O)C1CC(OC(=O)CCC(=O)OC(C)C(F)(F)S(=O)(=O)O)C(=O)O1)C1CC2CCC1C2. The van der Waals surface area contributed by atoms with Gasteiger partial charge in [0, 0.05) is 12.3 Å². The minimum Gasteiger partial charge on any atom is -0.456 e. The molecule has 1 saturated heterocycles. The topological polar surface area (TPSA) is 160 Å². The lowest BCUT2D eigenvalue weighted by Crippen LogP contribution is -2.44. The molecule has 1 heterocycles. The largest absolute Gasteiger partial charge is 0.456 e. The second kappa shape index (κ2) is 10.8. The van der Waals surface area contributed by atoms with E-state index in [1.165, 1.54) is 6.42 Å². The van der Waals surface area contributed by atoms with Gasteiger partial charge in [0.05, 0.1) is 12.8 Å². The lowest BCUT2D eigenvalue weighted by Gasteiger charge is -2.39. The van der Waals surface area contributed by atoms with Crippen molar-refractivity contribution in [1.29, 1.82) is 0 Å². The van der Waals surface area contributed by atoms with E-state index in [0.717, 1.165) is 19.3 Å². The molecule has 0 spiro atoms. The minimum absolute atomic E-state index is 0.228. The average Bonchev–Trinajstić information content (AvgIpc) is 3.53. The Kier molecular flexibility index (Phi) is 8.52. The summed E-state index contributed by atoms with van der Waals surface area (Å²) in [7, 11) is -5.82. The number of rotatable bonds is 11. The van der Waals surface area contributed by atoms with Crippen molar-refractivity contribution in [3.05, 3.63) is 0 Å². The molecule has 2 aliphatic carbocycles. The Balaban J connectivity index is 1.46. The van der Waals surface area contributed by atoms with E-state index < -0.39 is 76.0 Å². The molecule has 7 unspecified atom stereocenters. The highest BCUT2D eigenvalue weighted by molar-refractivity contribution is 7.86. The Labute approximate surface area is 213 Å². The maximum atomic E-state index is 13.5. The standard InChI is InChI=1S/C23H32F2O11S/c1-4-22(3,15-10-13-5-6-14(15)9-13)36-21(29)17-11-16(20(28)35-17)34-19(27)8-7-18(26)33-12(2)23(24,25)37(30,31)32/h12-17H,4-11H2,1-3H3,(H,30,31,32). The summed E-state index contributed by atoms with van der Waals surface area (Å²) in [5.41, 5.74) is -0.707. The van der Waals surface area contributed by atoms with E-state index in [1.807, 2.05) is 13.8 Å². The third kappa shape index (κ3) is 6.39. The molecule has 37 heavy (non-hydrogen) atoms. The van der Waals surface area contributed by atoms with Gasteiger partial charge in [0.2, 0.25) is 12.2 Å². The van der Waals surface area contributed by atoms with Crippen LogP contribution < -0.4 is 0 Å². The Morgan fingerprint density at radius 2 is 1.78 bits per heavy atom. The second-order valence-corrected chi connectivity index (χ2v) is 11.7. The van der Waals surface area contributed by atoms with Crippen LogP contribution in [0, 0.1) is 17.8 Å². The van der Waals surface area contributed by atoms with Crippen LogP contribution >= 0.6 is 0 Å². The van der Waals surface area contributed by atoms with Crippen molar-refractivity contribution in [2.45, 2.75) is 101 Å². The third-order valence-electron chi connectivity index (χ3n) is 7.70. The van der Waals surface area contributed by atoms with Crippen molar-refractivity contribution in [1.82, 2.24) is 0 Å². The molecular weight excluding hydrogens is 522 g/mol. The molecule has 1 aliphatic heterocycles. The molecule has 0 aromatic carbocycles. The lowest BCUT2D eigenvalue weighted by atomic mass is 9.75. The molecule has 0 aromatic heterocycles. The van der Waals surface area contributed by atoms with Gasteiger partial charge >= 0.3 is 39.2 Å². The minimum atomic E-state index is -5.82. The smallest absolute Gasteiger partial charge is 0.405 e. The first-order valence-electron chi connectivity index (χ1n) is 12.2. The predicted molar refractivity (Wildman–Crippen MR) is 119 cm³/mol. The number of alkyl halides is 2. The van der Waals surface area contributed by atoms with Gasteiger partial charge in [-0.05, 0) is 51.4 Å². The van der Waals surface area contributed by atoms with E-state index in [2.05, 4.69) is 4.74 Å². The molecule has 2 bridgehead atoms. The molecule has 0 aromatic rings. The van der Waals surface area contributed by atoms with Gasteiger partial charge in [-0.3, -0.25) is 14.1 Å². The highest BCUT2D eigenvalue weighted by Gasteiger charge is 2.53. The van der Waals surface area contributed by atoms with E-state index in [9.17, 15) is 36.4 Å². The van der Waals surface area contributed by atoms with E-state index in [1.54, 1.807) is 0 Å². The van der Waals surface area contributed by atoms with Crippen LogP contribution in [0.15, 0.2) is 0 Å². The Morgan fingerprint density at radius 3 is 2.32 bits per heavy atom. The molecule has 7 atom stereocenters. The van der Waals surface area contributed by atoms with Gasteiger partial charge in [-0.2, -0.15) is 17.2 Å². The Morgan fingerprint density at radius 1 is 1.14 bits per heavy atom. The number of hydrogen-bond donors (Lipinski definition) is 1. The molecule has 210 valence electrons. The first-order chi connectivity index (χ1) is 17.1. The summed E-state index contributed by atoms with van der Waals surface area (Å²) in [5.74, 6) is -2.74. The second-order valence-electron chi connectivity index (χ2n) is 10.2. The number of carbonyl (C=O) groups excluding carboxylic acids is 4. The van der Waals surface area contributed by atoms with Crippen LogP contribution in [0.5, 0.6) is 0 Å². The van der Waals surface area contributed by atoms with Crippen LogP contribution in [-0.2, 0) is 48.2 Å². The van der Waals surface area contributed by atoms with Gasteiger partial charge in [-0.25, -0.2) is 9.59 Å². The highest BCUT2D eigenvalue weighted by Crippen LogP contribution is 2.53. The van der Waals surface area contributed by atoms with E-state index in [-0.39, 0.29) is 12.3 Å². The first-order valence-corrected chi connectivity index (χ1v) is 13.7. The molecule has 14 heteroatoms. The molecule has 11 nitrogen and oxygen atoms in total. The van der Waals surface area contributed by atoms with Crippen molar-refractivity contribution >= 4 is 34.0 Å². The normalized spacial score (nSPS) is 29.8. The number of esters is 4. The Bertz CT molecular complexity index is 1030. The zero-order valence-electron chi connectivity index (χ0n) is 20.8. The van der Waals surface area contributed by atoms with Crippen LogP contribution in [0.3, 0.4) is 0 Å². The third-order valence-corrected chi connectivity index (χ3v) is 8.72. The van der Waals surface area contributed by atoms with Gasteiger partial charge in [0.25, 0.3) is 0 Å². The maximum Gasteiger partial charge on any atom is 0.405 e. The van der Waals surface area contributed by atoms with Crippen molar-refractivity contribution < 1.29 is 59.9 Å². The number of ether oxygens (including phenoxy) is 4. The van der Waals surface area contributed by atoms with Crippen LogP contribution in [0.1, 0.15) is 72.1 Å². The first kappa shape index (κ1) is 29.2. The summed E-state index contributed by atoms with van der Waals surface area (Å²) >= 11 is 0. The molecule has 3 rings (SSSR count). The fourth-order valence-corrected chi connectivity index (χ4v) is 5.92. The van der Waals surface area contributed by atoms with Crippen molar-refractivity contribution in [3.63, 3.8) is 0 Å². The molecule has 3 fully saturated rings. The average molecular weight is 555 g/mol. The van der Waals surface area contributed by atoms with Gasteiger partial charge < -0.3 is 18.9 Å². The van der Waals surface area contributed by atoms with E-state index >= 15 is 0 Å². The summed E-state index contributed by atoms with van der Waals surface area (Å²) in [6.07, 6.45) is -1.91. The molecule has 2 saturated carbocycles. The van der Waals surface area contributed by atoms with Crippen LogP contribution in [0.25, 0.3) is 0 Å². The molecule has 1 N–H and O–H groups in total. The van der Waals surface area contributed by atoms with Crippen molar-refractivity contribution in [3.8, 4) is 0 Å². The highest BCUT2D eigenvalue weighted by atomic mass is 32.2. The summed E-state index contributed by atoms with van der Waals surface area (Å²) in [5, 5.41) is -4.74. The number of halogens is 2. The summed E-state index contributed by atoms with van der Waals surface area (Å²) in [4.78, 5) is 48.7.